The first-order chi connectivity index (χ1) is 24.3. The summed E-state index contributed by atoms with van der Waals surface area (Å²) < 4.78 is 51.6. The minimum atomic E-state index is -3.80. The predicted octanol–water partition coefficient (Wildman–Crippen LogP) is 5.48. The molecule has 2 aliphatic rings. The van der Waals surface area contributed by atoms with Gasteiger partial charge in [0.2, 0.25) is 16.8 Å². The fraction of sp³-hybridized carbons (Fsp3) is 0.459. The van der Waals surface area contributed by atoms with Crippen molar-refractivity contribution in [2.24, 2.45) is 5.92 Å². The van der Waals surface area contributed by atoms with E-state index in [-0.39, 0.29) is 49.0 Å². The number of ether oxygens (including phenoxy) is 4. The van der Waals surface area contributed by atoms with Gasteiger partial charge in [0.05, 0.1) is 35.3 Å². The van der Waals surface area contributed by atoms with Gasteiger partial charge in [0.1, 0.15) is 5.75 Å². The first-order valence-electron chi connectivity index (χ1n) is 17.2. The molecule has 5 rings (SSSR count). The van der Waals surface area contributed by atoms with Crippen molar-refractivity contribution < 1.29 is 42.1 Å². The summed E-state index contributed by atoms with van der Waals surface area (Å²) in [4.78, 5) is 29.2. The summed E-state index contributed by atoms with van der Waals surface area (Å²) in [6.07, 6.45) is 1.41. The second-order valence-electron chi connectivity index (χ2n) is 13.3. The third-order valence-corrected chi connectivity index (χ3v) is 10.9. The molecule has 0 radical (unpaired) electrons. The maximum Gasteiger partial charge on any atom is 0.323 e. The van der Waals surface area contributed by atoms with Crippen LogP contribution in [0.5, 0.6) is 17.2 Å². The number of sulfonamides is 1. The maximum atomic E-state index is 14.4. The zero-order chi connectivity index (χ0) is 36.7. The molecule has 276 valence electrons. The van der Waals surface area contributed by atoms with E-state index in [0.29, 0.717) is 41.7 Å². The van der Waals surface area contributed by atoms with E-state index >= 15 is 0 Å². The Kier molecular flexibility index (Phi) is 12.5. The van der Waals surface area contributed by atoms with Crippen LogP contribution in [0.4, 0.5) is 16.2 Å². The van der Waals surface area contributed by atoms with Crippen LogP contribution >= 0.6 is 0 Å². The van der Waals surface area contributed by atoms with Gasteiger partial charge in [-0.1, -0.05) is 24.6 Å². The largest absolute Gasteiger partial charge is 0.490 e. The number of nitrogens with zero attached hydrogens (tertiary/aromatic N) is 2. The fourth-order valence-corrected chi connectivity index (χ4v) is 7.16. The number of rotatable bonds is 8. The lowest BCUT2D eigenvalue weighted by Gasteiger charge is -2.35. The van der Waals surface area contributed by atoms with Crippen LogP contribution < -0.4 is 24.8 Å². The molecule has 0 aliphatic carbocycles. The second-order valence-corrected chi connectivity index (χ2v) is 15.3. The molecule has 14 heteroatoms. The van der Waals surface area contributed by atoms with Gasteiger partial charge in [0, 0.05) is 50.1 Å². The van der Waals surface area contributed by atoms with Crippen LogP contribution in [0, 0.1) is 12.8 Å². The van der Waals surface area contributed by atoms with E-state index in [1.165, 1.54) is 11.4 Å². The van der Waals surface area contributed by atoms with Crippen LogP contribution in [0.1, 0.15) is 56.0 Å². The monoisotopic (exact) mass is 724 g/mol. The van der Waals surface area contributed by atoms with E-state index in [0.717, 1.165) is 18.4 Å². The van der Waals surface area contributed by atoms with Crippen molar-refractivity contribution in [3.05, 3.63) is 71.8 Å². The summed E-state index contributed by atoms with van der Waals surface area (Å²) in [5.41, 5.74) is 2.01. The molecular formula is C37H48N4O9S. The number of hydrogen-bond donors (Lipinski definition) is 3. The lowest BCUT2D eigenvalue weighted by molar-refractivity contribution is -0.00834. The lowest BCUT2D eigenvalue weighted by Crippen LogP contribution is -2.48. The highest BCUT2D eigenvalue weighted by Crippen LogP contribution is 2.34. The Morgan fingerprint density at radius 2 is 1.65 bits per heavy atom. The molecule has 3 aromatic rings. The smallest absolute Gasteiger partial charge is 0.323 e. The predicted molar refractivity (Wildman–Crippen MR) is 193 cm³/mol. The number of aliphatic hydroxyl groups excluding tert-OH is 1. The molecule has 3 aromatic carbocycles. The highest BCUT2D eigenvalue weighted by Gasteiger charge is 2.32. The van der Waals surface area contributed by atoms with Gasteiger partial charge in [-0.2, -0.15) is 4.31 Å². The number of anilines is 2. The van der Waals surface area contributed by atoms with Crippen molar-refractivity contribution in [1.82, 2.24) is 9.21 Å². The molecule has 51 heavy (non-hydrogen) atoms. The molecule has 4 atom stereocenters. The van der Waals surface area contributed by atoms with Crippen LogP contribution in [-0.4, -0.2) is 93.1 Å². The summed E-state index contributed by atoms with van der Waals surface area (Å²) in [6.45, 7) is 7.89. The van der Waals surface area contributed by atoms with Gasteiger partial charge in [0.15, 0.2) is 11.5 Å². The molecule has 2 aliphatic heterocycles. The van der Waals surface area contributed by atoms with E-state index in [1.807, 2.05) is 20.8 Å². The topological polar surface area (TPSA) is 156 Å². The number of nitrogens with one attached hydrogen (secondary N) is 2. The standard InChI is InChI=1S/C37H48N4O9S/c1-24-9-13-30(14-10-24)51(45,46)40(5)21-35-25(2)20-41(26(3)22-42)36(43)31-18-28(11-15-32(31)50-27(4)8-6-7-17-47-35)38-37(44)39-29-12-16-33-34(19-29)49-23-48-33/h9-16,18-19,25-27,35,42H,6-8,17,20-23H2,1-5H3,(H2,38,39,44)/t25-,26-,27-,35+/m1/s1. The Hall–Kier alpha value is -4.37. The first-order valence-corrected chi connectivity index (χ1v) is 18.6. The number of aryl methyl sites for hydroxylation is 1. The Labute approximate surface area is 299 Å². The number of benzene rings is 3. The zero-order valence-corrected chi connectivity index (χ0v) is 30.6. The Balaban J connectivity index is 1.39. The first kappa shape index (κ1) is 37.9. The van der Waals surface area contributed by atoms with Crippen LogP contribution in [0.25, 0.3) is 0 Å². The zero-order valence-electron chi connectivity index (χ0n) is 29.8. The van der Waals surface area contributed by atoms with Crippen molar-refractivity contribution in [2.45, 2.75) is 70.1 Å². The minimum absolute atomic E-state index is 0.0650. The van der Waals surface area contributed by atoms with E-state index < -0.39 is 34.1 Å². The van der Waals surface area contributed by atoms with Crippen molar-refractivity contribution in [2.75, 3.05) is 50.8 Å². The molecule has 0 unspecified atom stereocenters. The Bertz CT molecular complexity index is 1790. The third kappa shape index (κ3) is 9.50. The SMILES string of the molecule is Cc1ccc(S(=O)(=O)N(C)C[C@@H]2OCCCC[C@@H](C)Oc3ccc(NC(=O)Nc4ccc5c(c4)OCO5)cc3C(=O)N([C@H](C)CO)C[C@H]2C)cc1. The third-order valence-electron chi connectivity index (χ3n) is 9.11. The number of hydrogen-bond acceptors (Lipinski definition) is 9. The van der Waals surface area contributed by atoms with Gasteiger partial charge < -0.3 is 39.6 Å². The number of carbonyl (C=O) groups is 2. The summed E-state index contributed by atoms with van der Waals surface area (Å²) in [5, 5.41) is 15.8. The molecule has 0 bridgehead atoms. The quantitative estimate of drug-likeness (QED) is 0.274. The van der Waals surface area contributed by atoms with Crippen LogP contribution in [0.3, 0.4) is 0 Å². The maximum absolute atomic E-state index is 14.4. The molecule has 0 fully saturated rings. The average Bonchev–Trinajstić information content (AvgIpc) is 3.57. The summed E-state index contributed by atoms with van der Waals surface area (Å²) in [5.74, 6) is 0.717. The van der Waals surface area contributed by atoms with Crippen molar-refractivity contribution in [1.29, 1.82) is 0 Å². The summed E-state index contributed by atoms with van der Waals surface area (Å²) in [7, 11) is -2.27. The van der Waals surface area contributed by atoms with Gasteiger partial charge in [0.25, 0.3) is 5.91 Å². The molecular weight excluding hydrogens is 676 g/mol. The van der Waals surface area contributed by atoms with Crippen LogP contribution in [-0.2, 0) is 14.8 Å². The minimum Gasteiger partial charge on any atom is -0.490 e. The van der Waals surface area contributed by atoms with Crippen LogP contribution in [0.2, 0.25) is 0 Å². The van der Waals surface area contributed by atoms with Gasteiger partial charge in [-0.15, -0.1) is 0 Å². The summed E-state index contributed by atoms with van der Waals surface area (Å²) in [6, 6.07) is 15.5. The van der Waals surface area contributed by atoms with Crippen molar-refractivity contribution >= 4 is 33.3 Å². The molecule has 13 nitrogen and oxygen atoms in total. The fourth-order valence-electron chi connectivity index (χ4n) is 5.97. The number of fused-ring (bicyclic) bond motifs is 2. The lowest BCUT2D eigenvalue weighted by atomic mass is 10.0. The second kappa shape index (κ2) is 16.8. The van der Waals surface area contributed by atoms with E-state index in [2.05, 4.69) is 10.6 Å². The van der Waals surface area contributed by atoms with Crippen molar-refractivity contribution in [3.63, 3.8) is 0 Å². The number of likely N-dealkylation sites (N-methyl/N-ethyl adjacent to an activating group) is 1. The van der Waals surface area contributed by atoms with Gasteiger partial charge in [-0.3, -0.25) is 4.79 Å². The molecule has 0 saturated heterocycles. The molecule has 3 N–H and O–H groups in total. The summed E-state index contributed by atoms with van der Waals surface area (Å²) >= 11 is 0. The highest BCUT2D eigenvalue weighted by molar-refractivity contribution is 7.89. The highest BCUT2D eigenvalue weighted by atomic mass is 32.2. The van der Waals surface area contributed by atoms with E-state index in [4.69, 9.17) is 18.9 Å². The van der Waals surface area contributed by atoms with Gasteiger partial charge in [-0.25, -0.2) is 13.2 Å². The Morgan fingerprint density at radius 3 is 2.35 bits per heavy atom. The number of urea groups is 1. The van der Waals surface area contributed by atoms with Crippen LogP contribution in [0.15, 0.2) is 65.6 Å². The van der Waals surface area contributed by atoms with E-state index in [9.17, 15) is 23.1 Å². The Morgan fingerprint density at radius 1 is 0.980 bits per heavy atom. The number of aliphatic hydroxyl groups is 1. The molecule has 0 saturated carbocycles. The normalized spacial score (nSPS) is 20.6. The molecule has 2 heterocycles. The number of amides is 3. The molecule has 3 amide bonds. The van der Waals surface area contributed by atoms with E-state index in [1.54, 1.807) is 72.5 Å². The molecule has 0 spiro atoms. The van der Waals surface area contributed by atoms with Crippen molar-refractivity contribution in [3.8, 4) is 17.2 Å². The number of carbonyl (C=O) groups excluding carboxylic acids is 2. The van der Waals surface area contributed by atoms with Gasteiger partial charge in [-0.05, 0) is 82.5 Å². The molecule has 0 aromatic heterocycles. The average molecular weight is 725 g/mol. The van der Waals surface area contributed by atoms with Gasteiger partial charge >= 0.3 is 6.03 Å².